The van der Waals surface area contributed by atoms with E-state index in [1.54, 1.807) is 13.0 Å². The van der Waals surface area contributed by atoms with E-state index in [-0.39, 0.29) is 17.8 Å². The number of nitrogens with one attached hydrogen (secondary N) is 1. The second-order valence-electron chi connectivity index (χ2n) is 3.81. The van der Waals surface area contributed by atoms with Gasteiger partial charge in [0.1, 0.15) is 11.2 Å². The molecular formula is C10H12N4O4. The highest BCUT2D eigenvalue weighted by molar-refractivity contribution is 5.92. The molecule has 0 amide bonds. The lowest BCUT2D eigenvalue weighted by Gasteiger charge is -2.07. The van der Waals surface area contributed by atoms with Gasteiger partial charge in [-0.2, -0.15) is 0 Å². The number of hydrogen-bond donors (Lipinski definition) is 2. The largest absolute Gasteiger partial charge is 0.396 e. The standard InChI is InChI=1S/C10H12N4O4/c1-6-5-7(11-3-2-4-15)10(14(16)17)9-8(6)12-18-13-9/h5,11,15H,2-4H2,1H3. The first-order chi connectivity index (χ1) is 8.65. The zero-order valence-corrected chi connectivity index (χ0v) is 9.71. The van der Waals surface area contributed by atoms with Crippen molar-refractivity contribution < 1.29 is 14.7 Å². The molecule has 0 bridgehead atoms. The maximum Gasteiger partial charge on any atom is 0.323 e. The molecule has 1 heterocycles. The van der Waals surface area contributed by atoms with Crippen LogP contribution in [0.1, 0.15) is 12.0 Å². The molecule has 1 aromatic carbocycles. The number of aliphatic hydroxyl groups is 1. The molecule has 8 nitrogen and oxygen atoms in total. The Kier molecular flexibility index (Phi) is 3.38. The van der Waals surface area contributed by atoms with Crippen molar-refractivity contribution >= 4 is 22.4 Å². The summed E-state index contributed by atoms with van der Waals surface area (Å²) in [6.45, 7) is 2.23. The molecule has 0 saturated carbocycles. The first-order valence-electron chi connectivity index (χ1n) is 5.40. The summed E-state index contributed by atoms with van der Waals surface area (Å²) in [4.78, 5) is 10.6. The van der Waals surface area contributed by atoms with Gasteiger partial charge in [-0.15, -0.1) is 0 Å². The van der Waals surface area contributed by atoms with E-state index in [9.17, 15) is 10.1 Å². The fraction of sp³-hybridized carbons (Fsp3) is 0.400. The van der Waals surface area contributed by atoms with Crippen LogP contribution in [0.25, 0.3) is 11.0 Å². The molecule has 0 unspecified atom stereocenters. The van der Waals surface area contributed by atoms with Crippen LogP contribution in [0, 0.1) is 17.0 Å². The van der Waals surface area contributed by atoms with Crippen LogP contribution in [0.15, 0.2) is 10.7 Å². The van der Waals surface area contributed by atoms with E-state index in [2.05, 4.69) is 20.3 Å². The van der Waals surface area contributed by atoms with Gasteiger partial charge in [-0.1, -0.05) is 0 Å². The zero-order valence-electron chi connectivity index (χ0n) is 9.71. The number of rotatable bonds is 5. The SMILES string of the molecule is Cc1cc(NCCCO)c([N+](=O)[O-])c2nonc12. The first-order valence-corrected chi connectivity index (χ1v) is 5.40. The summed E-state index contributed by atoms with van der Waals surface area (Å²) in [6, 6.07) is 1.63. The van der Waals surface area contributed by atoms with Gasteiger partial charge < -0.3 is 10.4 Å². The Morgan fingerprint density at radius 3 is 2.89 bits per heavy atom. The number of hydrogen-bond acceptors (Lipinski definition) is 7. The lowest BCUT2D eigenvalue weighted by molar-refractivity contribution is -0.382. The molecule has 96 valence electrons. The molecule has 0 spiro atoms. The fourth-order valence-electron chi connectivity index (χ4n) is 1.71. The topological polar surface area (TPSA) is 114 Å². The third-order valence-electron chi connectivity index (χ3n) is 2.54. The van der Waals surface area contributed by atoms with E-state index in [0.29, 0.717) is 24.2 Å². The normalized spacial score (nSPS) is 10.8. The second kappa shape index (κ2) is 4.96. The van der Waals surface area contributed by atoms with Crippen molar-refractivity contribution in [2.45, 2.75) is 13.3 Å². The Bertz CT molecular complexity index is 581. The monoisotopic (exact) mass is 252 g/mol. The first kappa shape index (κ1) is 12.2. The van der Waals surface area contributed by atoms with Crippen molar-refractivity contribution in [2.75, 3.05) is 18.5 Å². The molecule has 0 fully saturated rings. The Hall–Kier alpha value is -2.22. The van der Waals surface area contributed by atoms with Crippen LogP contribution < -0.4 is 5.32 Å². The number of fused-ring (bicyclic) bond motifs is 1. The van der Waals surface area contributed by atoms with Crippen molar-refractivity contribution in [3.8, 4) is 0 Å². The molecule has 0 aliphatic heterocycles. The lowest BCUT2D eigenvalue weighted by Crippen LogP contribution is -2.06. The molecule has 1 aromatic heterocycles. The highest BCUT2D eigenvalue weighted by Gasteiger charge is 2.24. The summed E-state index contributed by atoms with van der Waals surface area (Å²) in [5.41, 5.74) is 1.45. The van der Waals surface area contributed by atoms with Gasteiger partial charge in [-0.05, 0) is 35.3 Å². The van der Waals surface area contributed by atoms with Crippen LogP contribution in [0.2, 0.25) is 0 Å². The minimum atomic E-state index is -0.521. The van der Waals surface area contributed by atoms with Gasteiger partial charge in [-0.25, -0.2) is 4.63 Å². The van der Waals surface area contributed by atoms with Crippen LogP contribution in [0.4, 0.5) is 11.4 Å². The second-order valence-corrected chi connectivity index (χ2v) is 3.81. The van der Waals surface area contributed by atoms with E-state index < -0.39 is 4.92 Å². The van der Waals surface area contributed by atoms with Gasteiger partial charge in [0.15, 0.2) is 0 Å². The summed E-state index contributed by atoms with van der Waals surface area (Å²) in [5.74, 6) is 0. The average Bonchev–Trinajstić information content (AvgIpc) is 2.78. The quantitative estimate of drug-likeness (QED) is 0.467. The minimum absolute atomic E-state index is 0.0214. The van der Waals surface area contributed by atoms with Crippen LogP contribution in [0.5, 0.6) is 0 Å². The third-order valence-corrected chi connectivity index (χ3v) is 2.54. The predicted molar refractivity (Wildman–Crippen MR) is 63.4 cm³/mol. The number of anilines is 1. The summed E-state index contributed by atoms with van der Waals surface area (Å²) < 4.78 is 4.54. The predicted octanol–water partition coefficient (Wildman–Crippen LogP) is 1.23. The van der Waals surface area contributed by atoms with E-state index >= 15 is 0 Å². The zero-order chi connectivity index (χ0) is 13.1. The lowest BCUT2D eigenvalue weighted by atomic mass is 10.1. The number of benzene rings is 1. The van der Waals surface area contributed by atoms with Gasteiger partial charge in [0, 0.05) is 13.2 Å². The van der Waals surface area contributed by atoms with Crippen molar-refractivity contribution in [3.05, 3.63) is 21.7 Å². The summed E-state index contributed by atoms with van der Waals surface area (Å²) in [6.07, 6.45) is 0.505. The number of nitro groups is 1. The average molecular weight is 252 g/mol. The van der Waals surface area contributed by atoms with Gasteiger partial charge in [0.25, 0.3) is 0 Å². The molecular weight excluding hydrogens is 240 g/mol. The Labute approximate surface area is 102 Å². The molecule has 18 heavy (non-hydrogen) atoms. The third kappa shape index (κ3) is 2.09. The molecule has 0 atom stereocenters. The molecule has 2 N–H and O–H groups in total. The van der Waals surface area contributed by atoms with Crippen molar-refractivity contribution in [1.82, 2.24) is 10.3 Å². The van der Waals surface area contributed by atoms with Crippen LogP contribution >= 0.6 is 0 Å². The van der Waals surface area contributed by atoms with Crippen LogP contribution in [-0.2, 0) is 0 Å². The highest BCUT2D eigenvalue weighted by atomic mass is 16.6. The van der Waals surface area contributed by atoms with E-state index in [1.807, 2.05) is 0 Å². The molecule has 2 aromatic rings. The summed E-state index contributed by atoms with van der Waals surface area (Å²) in [7, 11) is 0. The van der Waals surface area contributed by atoms with Crippen LogP contribution in [0.3, 0.4) is 0 Å². The number of nitro benzene ring substituents is 1. The number of aromatic nitrogens is 2. The Morgan fingerprint density at radius 1 is 1.50 bits per heavy atom. The number of aliphatic hydroxyl groups excluding tert-OH is 1. The van der Waals surface area contributed by atoms with E-state index in [4.69, 9.17) is 5.11 Å². The van der Waals surface area contributed by atoms with Crippen molar-refractivity contribution in [3.63, 3.8) is 0 Å². The molecule has 0 saturated heterocycles. The fourth-order valence-corrected chi connectivity index (χ4v) is 1.71. The van der Waals surface area contributed by atoms with E-state index in [1.165, 1.54) is 0 Å². The smallest absolute Gasteiger partial charge is 0.323 e. The molecule has 8 heteroatoms. The minimum Gasteiger partial charge on any atom is -0.396 e. The highest BCUT2D eigenvalue weighted by Crippen LogP contribution is 2.33. The summed E-state index contributed by atoms with van der Waals surface area (Å²) in [5, 5.41) is 29.9. The molecule has 0 aliphatic rings. The van der Waals surface area contributed by atoms with Gasteiger partial charge >= 0.3 is 5.69 Å². The van der Waals surface area contributed by atoms with Crippen molar-refractivity contribution in [1.29, 1.82) is 0 Å². The Morgan fingerprint density at radius 2 is 2.22 bits per heavy atom. The van der Waals surface area contributed by atoms with Gasteiger partial charge in [0.2, 0.25) is 5.52 Å². The molecule has 0 radical (unpaired) electrons. The van der Waals surface area contributed by atoms with Crippen molar-refractivity contribution in [2.24, 2.45) is 0 Å². The van der Waals surface area contributed by atoms with Gasteiger partial charge in [-0.3, -0.25) is 10.1 Å². The number of nitrogens with zero attached hydrogens (tertiary/aromatic N) is 3. The maximum absolute atomic E-state index is 11.1. The summed E-state index contributed by atoms with van der Waals surface area (Å²) >= 11 is 0. The van der Waals surface area contributed by atoms with Gasteiger partial charge in [0.05, 0.1) is 4.92 Å². The number of aryl methyl sites for hydroxylation is 1. The van der Waals surface area contributed by atoms with Crippen LogP contribution in [-0.4, -0.2) is 33.5 Å². The Balaban J connectivity index is 2.49. The van der Waals surface area contributed by atoms with E-state index in [0.717, 1.165) is 5.56 Å². The maximum atomic E-state index is 11.1. The molecule has 0 aliphatic carbocycles. The molecule has 2 rings (SSSR count).